The summed E-state index contributed by atoms with van der Waals surface area (Å²) in [4.78, 5) is 39.8. The van der Waals surface area contributed by atoms with Gasteiger partial charge in [0.25, 0.3) is 11.8 Å². The fraction of sp³-hybridized carbons (Fsp3) is 0.233. The van der Waals surface area contributed by atoms with Gasteiger partial charge in [0.05, 0.1) is 12.3 Å². The van der Waals surface area contributed by atoms with Gasteiger partial charge in [0, 0.05) is 15.6 Å². The van der Waals surface area contributed by atoms with Crippen molar-refractivity contribution >= 4 is 52.2 Å². The average molecular weight is 608 g/mol. The molecule has 3 aromatic rings. The highest BCUT2D eigenvalue weighted by atomic mass is 127. The van der Waals surface area contributed by atoms with Crippen molar-refractivity contribution in [1.82, 2.24) is 5.32 Å². The lowest BCUT2D eigenvalue weighted by Crippen LogP contribution is -2.54. The molecule has 6 nitrogen and oxygen atoms in total. The van der Waals surface area contributed by atoms with Crippen molar-refractivity contribution in [3.8, 4) is 5.75 Å². The average Bonchev–Trinajstić information content (AvgIpc) is 2.80. The maximum Gasteiger partial charge on any atom is 0.335 e. The van der Waals surface area contributed by atoms with Gasteiger partial charge < -0.3 is 4.74 Å². The summed E-state index contributed by atoms with van der Waals surface area (Å²) in [5.41, 5.74) is 7.39. The summed E-state index contributed by atoms with van der Waals surface area (Å²) in [7, 11) is 0. The molecule has 0 radical (unpaired) electrons. The number of anilines is 1. The molecule has 7 heteroatoms. The predicted molar refractivity (Wildman–Crippen MR) is 154 cm³/mol. The summed E-state index contributed by atoms with van der Waals surface area (Å²) in [5, 5.41) is 2.31. The zero-order chi connectivity index (χ0) is 26.9. The third-order valence-electron chi connectivity index (χ3n) is 6.14. The highest BCUT2D eigenvalue weighted by Crippen LogP contribution is 2.32. The molecule has 1 N–H and O–H groups in total. The van der Waals surface area contributed by atoms with Gasteiger partial charge in [0.15, 0.2) is 0 Å². The molecule has 0 saturated carbocycles. The molecule has 0 bridgehead atoms. The van der Waals surface area contributed by atoms with Crippen LogP contribution in [0.1, 0.15) is 45.9 Å². The molecule has 0 spiro atoms. The first-order chi connectivity index (χ1) is 17.6. The normalized spacial score (nSPS) is 14.8. The van der Waals surface area contributed by atoms with Crippen molar-refractivity contribution < 1.29 is 19.1 Å². The second-order valence-corrected chi connectivity index (χ2v) is 10.5. The van der Waals surface area contributed by atoms with Crippen LogP contribution in [0.15, 0.2) is 54.1 Å². The molecule has 4 rings (SSSR count). The number of aryl methyl sites for hydroxylation is 4. The molecule has 1 aliphatic rings. The molecular weight excluding hydrogens is 579 g/mol. The molecule has 0 atom stereocenters. The van der Waals surface area contributed by atoms with Crippen LogP contribution in [0.5, 0.6) is 5.75 Å². The van der Waals surface area contributed by atoms with Gasteiger partial charge in [-0.05, 0) is 98.2 Å². The van der Waals surface area contributed by atoms with Crippen molar-refractivity contribution in [3.63, 3.8) is 0 Å². The van der Waals surface area contributed by atoms with E-state index in [9.17, 15) is 14.4 Å². The second-order valence-electron chi connectivity index (χ2n) is 9.33. The fourth-order valence-corrected chi connectivity index (χ4v) is 5.46. The Labute approximate surface area is 230 Å². The number of nitrogens with one attached hydrogen (secondary N) is 1. The summed E-state index contributed by atoms with van der Waals surface area (Å²) in [6.07, 6.45) is 2.22. The maximum atomic E-state index is 13.4. The van der Waals surface area contributed by atoms with E-state index in [2.05, 4.69) is 60.0 Å². The van der Waals surface area contributed by atoms with E-state index in [1.807, 2.05) is 45.0 Å². The molecule has 1 saturated heterocycles. The van der Waals surface area contributed by atoms with E-state index in [0.717, 1.165) is 25.2 Å². The van der Waals surface area contributed by atoms with Crippen LogP contribution in [0.4, 0.5) is 10.5 Å². The van der Waals surface area contributed by atoms with E-state index in [0.29, 0.717) is 30.0 Å². The lowest BCUT2D eigenvalue weighted by Gasteiger charge is -2.27. The Kier molecular flexibility index (Phi) is 7.82. The summed E-state index contributed by atoms with van der Waals surface area (Å²) in [6, 6.07) is 14.9. The number of benzene rings is 3. The Morgan fingerprint density at radius 2 is 1.62 bits per heavy atom. The number of imide groups is 2. The minimum atomic E-state index is -0.757. The number of urea groups is 1. The summed E-state index contributed by atoms with van der Waals surface area (Å²) in [5.74, 6) is -0.678. The van der Waals surface area contributed by atoms with Crippen LogP contribution in [-0.4, -0.2) is 24.5 Å². The molecule has 0 unspecified atom stereocenters. The largest absolute Gasteiger partial charge is 0.494 e. The maximum absolute atomic E-state index is 13.4. The first kappa shape index (κ1) is 26.6. The molecule has 37 heavy (non-hydrogen) atoms. The lowest BCUT2D eigenvalue weighted by molar-refractivity contribution is -0.122. The Hall–Kier alpha value is -3.46. The molecule has 0 aromatic heterocycles. The van der Waals surface area contributed by atoms with Crippen LogP contribution < -0.4 is 15.0 Å². The zero-order valence-electron chi connectivity index (χ0n) is 21.6. The molecule has 4 amide bonds. The van der Waals surface area contributed by atoms with Gasteiger partial charge in [-0.25, -0.2) is 9.69 Å². The Balaban J connectivity index is 1.73. The van der Waals surface area contributed by atoms with E-state index >= 15 is 0 Å². The van der Waals surface area contributed by atoms with Crippen molar-refractivity contribution in [3.05, 3.63) is 96.6 Å². The molecule has 1 aliphatic heterocycles. The molecule has 1 heterocycles. The number of halogens is 1. The molecule has 0 aliphatic carbocycles. The molecule has 1 fully saturated rings. The van der Waals surface area contributed by atoms with Gasteiger partial charge in [-0.1, -0.05) is 47.0 Å². The fourth-order valence-electron chi connectivity index (χ4n) is 4.64. The van der Waals surface area contributed by atoms with Gasteiger partial charge in [-0.3, -0.25) is 14.9 Å². The van der Waals surface area contributed by atoms with E-state index in [1.54, 1.807) is 6.07 Å². The smallest absolute Gasteiger partial charge is 0.335 e. The number of amides is 4. The van der Waals surface area contributed by atoms with Crippen molar-refractivity contribution in [2.24, 2.45) is 0 Å². The molecular formula is C30H29IN2O4. The number of rotatable bonds is 6. The number of carbonyl (C=O) groups excluding carboxylic acids is 3. The van der Waals surface area contributed by atoms with Crippen LogP contribution in [0.25, 0.3) is 6.08 Å². The number of carbonyl (C=O) groups is 3. The van der Waals surface area contributed by atoms with Crippen molar-refractivity contribution in [2.75, 3.05) is 11.5 Å². The quantitative estimate of drug-likeness (QED) is 0.206. The number of ether oxygens (including phenoxy) is 1. The van der Waals surface area contributed by atoms with Crippen LogP contribution >= 0.6 is 22.6 Å². The highest BCUT2D eigenvalue weighted by molar-refractivity contribution is 14.1. The molecule has 3 aromatic carbocycles. The predicted octanol–water partition coefficient (Wildman–Crippen LogP) is 6.18. The minimum Gasteiger partial charge on any atom is -0.494 e. The first-order valence-corrected chi connectivity index (χ1v) is 13.2. The van der Waals surface area contributed by atoms with Gasteiger partial charge in [0.2, 0.25) is 0 Å². The van der Waals surface area contributed by atoms with Crippen LogP contribution in [0.2, 0.25) is 0 Å². The Morgan fingerprint density at radius 3 is 2.27 bits per heavy atom. The minimum absolute atomic E-state index is 0.111. The summed E-state index contributed by atoms with van der Waals surface area (Å²) < 4.78 is 6.94. The topological polar surface area (TPSA) is 75.7 Å². The van der Waals surface area contributed by atoms with E-state index in [4.69, 9.17) is 4.74 Å². The number of barbiturate groups is 1. The van der Waals surface area contributed by atoms with Crippen molar-refractivity contribution in [1.29, 1.82) is 0 Å². The third-order valence-corrected chi connectivity index (χ3v) is 7.11. The van der Waals surface area contributed by atoms with Crippen molar-refractivity contribution in [2.45, 2.75) is 41.0 Å². The SMILES string of the molecule is CCOc1cc(/C=C2\C(=O)NC(=O)N(c3ccc(C)cc3C)C2=O)cc(I)c1Cc1cc(C)cc(C)c1. The van der Waals surface area contributed by atoms with E-state index in [1.165, 1.54) is 22.8 Å². The van der Waals surface area contributed by atoms with Gasteiger partial charge >= 0.3 is 6.03 Å². The van der Waals surface area contributed by atoms with E-state index < -0.39 is 17.8 Å². The zero-order valence-corrected chi connectivity index (χ0v) is 23.7. The van der Waals surface area contributed by atoms with Crippen LogP contribution in [0.3, 0.4) is 0 Å². The standard InChI is InChI=1S/C30H29IN2O4/c1-6-37-27-16-22(15-25(31)23(27)13-21-11-18(3)9-19(4)12-21)14-24-28(34)32-30(36)33(29(24)35)26-8-7-17(2)10-20(26)5/h7-12,14-16H,6,13H2,1-5H3,(H,32,34,36)/b24-14+. The monoisotopic (exact) mass is 608 g/mol. The molecule has 190 valence electrons. The Morgan fingerprint density at radius 1 is 0.919 bits per heavy atom. The van der Waals surface area contributed by atoms with Crippen LogP contribution in [0, 0.1) is 31.3 Å². The number of hydrogen-bond donors (Lipinski definition) is 1. The van der Waals surface area contributed by atoms with Gasteiger partial charge in [-0.15, -0.1) is 0 Å². The van der Waals surface area contributed by atoms with E-state index in [-0.39, 0.29) is 5.57 Å². The van der Waals surface area contributed by atoms with Gasteiger partial charge in [0.1, 0.15) is 11.3 Å². The number of hydrogen-bond acceptors (Lipinski definition) is 4. The Bertz CT molecular complexity index is 1440. The van der Waals surface area contributed by atoms with Crippen LogP contribution in [-0.2, 0) is 16.0 Å². The third kappa shape index (κ3) is 5.77. The van der Waals surface area contributed by atoms with Gasteiger partial charge in [-0.2, -0.15) is 0 Å². The summed E-state index contributed by atoms with van der Waals surface area (Å²) in [6.45, 7) is 10.3. The highest BCUT2D eigenvalue weighted by Gasteiger charge is 2.37. The second kappa shape index (κ2) is 10.9. The first-order valence-electron chi connectivity index (χ1n) is 12.1. The lowest BCUT2D eigenvalue weighted by atomic mass is 9.98. The number of nitrogens with zero attached hydrogens (tertiary/aromatic N) is 1. The summed E-state index contributed by atoms with van der Waals surface area (Å²) >= 11 is 2.26.